The number of hydrogen-bond donors (Lipinski definition) is 0. The first-order valence-corrected chi connectivity index (χ1v) is 8.22. The average molecular weight is 369 g/mol. The minimum atomic E-state index is -0.528. The Morgan fingerprint density at radius 2 is 1.29 bits per heavy atom. The Bertz CT molecular complexity index is 679. The lowest BCUT2D eigenvalue weighted by Crippen LogP contribution is -2.27. The summed E-state index contributed by atoms with van der Waals surface area (Å²) in [4.78, 5) is 49.7. The summed E-state index contributed by atoms with van der Waals surface area (Å²) < 4.78 is 0. The summed E-state index contributed by atoms with van der Waals surface area (Å²) in [5, 5.41) is -1.06. The van der Waals surface area contributed by atoms with Gasteiger partial charge < -0.3 is 9.80 Å². The minimum Gasteiger partial charge on any atom is -0.312 e. The molecule has 2 heterocycles. The maximum Gasteiger partial charge on any atom is 0.227 e. The fourth-order valence-corrected chi connectivity index (χ4v) is 3.34. The summed E-state index contributed by atoms with van der Waals surface area (Å²) >= 11 is 11.0. The van der Waals surface area contributed by atoms with Gasteiger partial charge in [-0.05, 0) is 41.4 Å². The number of halogens is 2. The second-order valence-corrected chi connectivity index (χ2v) is 6.68. The lowest BCUT2D eigenvalue weighted by Gasteiger charge is -2.21. The maximum absolute atomic E-state index is 12.1. The Hall–Kier alpha value is -1.92. The quantitative estimate of drug-likeness (QED) is 0.760. The number of carbonyl (C=O) groups excluding carboxylic acids is 4. The second-order valence-electron chi connectivity index (χ2n) is 5.94. The highest BCUT2D eigenvalue weighted by Gasteiger charge is 2.36. The summed E-state index contributed by atoms with van der Waals surface area (Å²) in [5.41, 5.74) is 1.18. The van der Waals surface area contributed by atoms with Gasteiger partial charge in [0.05, 0.1) is 11.8 Å². The van der Waals surface area contributed by atoms with Gasteiger partial charge in [0.1, 0.15) is 0 Å². The van der Waals surface area contributed by atoms with Gasteiger partial charge in [0, 0.05) is 37.3 Å². The van der Waals surface area contributed by atoms with E-state index in [4.69, 9.17) is 23.2 Å². The van der Waals surface area contributed by atoms with Crippen LogP contribution in [0.5, 0.6) is 0 Å². The molecule has 24 heavy (non-hydrogen) atoms. The summed E-state index contributed by atoms with van der Waals surface area (Å²) in [7, 11) is 0. The van der Waals surface area contributed by atoms with Gasteiger partial charge in [-0.3, -0.25) is 19.2 Å². The van der Waals surface area contributed by atoms with E-state index in [-0.39, 0.29) is 37.7 Å². The first-order chi connectivity index (χ1) is 11.4. The van der Waals surface area contributed by atoms with E-state index in [9.17, 15) is 19.2 Å². The van der Waals surface area contributed by atoms with Crippen molar-refractivity contribution in [3.63, 3.8) is 0 Å². The van der Waals surface area contributed by atoms with Crippen LogP contribution in [0.3, 0.4) is 0 Å². The summed E-state index contributed by atoms with van der Waals surface area (Å²) in [6.45, 7) is 0.447. The highest BCUT2D eigenvalue weighted by atomic mass is 35.5. The first kappa shape index (κ1) is 16.9. The average Bonchev–Trinajstić information content (AvgIpc) is 3.11. The van der Waals surface area contributed by atoms with Crippen molar-refractivity contribution in [1.82, 2.24) is 0 Å². The molecule has 0 spiro atoms. The molecule has 2 saturated heterocycles. The van der Waals surface area contributed by atoms with E-state index in [0.29, 0.717) is 11.4 Å². The van der Waals surface area contributed by atoms with Crippen LogP contribution >= 0.6 is 23.2 Å². The van der Waals surface area contributed by atoms with Gasteiger partial charge in [0.2, 0.25) is 22.3 Å². The van der Waals surface area contributed by atoms with Crippen molar-refractivity contribution in [2.24, 2.45) is 11.8 Å². The van der Waals surface area contributed by atoms with Crippen LogP contribution < -0.4 is 9.80 Å². The molecule has 2 atom stereocenters. The molecule has 2 fully saturated rings. The zero-order chi connectivity index (χ0) is 17.4. The first-order valence-electron chi connectivity index (χ1n) is 7.46. The molecule has 2 aliphatic heterocycles. The van der Waals surface area contributed by atoms with Crippen molar-refractivity contribution in [3.8, 4) is 0 Å². The van der Waals surface area contributed by atoms with Crippen molar-refractivity contribution < 1.29 is 19.2 Å². The second kappa shape index (κ2) is 6.53. The number of benzene rings is 1. The monoisotopic (exact) mass is 368 g/mol. The summed E-state index contributed by atoms with van der Waals surface area (Å²) in [6, 6.07) is 6.87. The third-order valence-electron chi connectivity index (χ3n) is 4.35. The smallest absolute Gasteiger partial charge is 0.227 e. The number of carbonyl (C=O) groups is 4. The predicted octanol–water partition coefficient (Wildman–Crippen LogP) is 1.92. The van der Waals surface area contributed by atoms with Gasteiger partial charge >= 0.3 is 0 Å². The van der Waals surface area contributed by atoms with Crippen molar-refractivity contribution in [3.05, 3.63) is 24.3 Å². The number of amides is 2. The molecule has 126 valence electrons. The van der Waals surface area contributed by atoms with Gasteiger partial charge in [-0.2, -0.15) is 0 Å². The molecular weight excluding hydrogens is 355 g/mol. The molecule has 3 rings (SSSR count). The van der Waals surface area contributed by atoms with E-state index < -0.39 is 22.3 Å². The number of rotatable bonds is 4. The third kappa shape index (κ3) is 3.16. The molecule has 0 aromatic heterocycles. The molecule has 0 aliphatic carbocycles. The Balaban J connectivity index is 1.83. The number of hydrogen-bond acceptors (Lipinski definition) is 4. The Morgan fingerprint density at radius 3 is 1.62 bits per heavy atom. The molecule has 0 N–H and O–H groups in total. The standard InChI is InChI=1S/C16H14Cl2N2O4/c17-15(23)9-4-13(21)19(7-9)11-2-1-3-12(6-11)20-8-10(16(18)24)5-14(20)22/h1-3,6,9-10H,4-5,7-8H2/t9-,10+. The molecule has 2 aliphatic rings. The van der Waals surface area contributed by atoms with Crippen molar-refractivity contribution in [1.29, 1.82) is 0 Å². The number of nitrogens with zero attached hydrogens (tertiary/aromatic N) is 2. The Kier molecular flexibility index (Phi) is 4.60. The van der Waals surface area contributed by atoms with E-state index in [1.807, 2.05) is 0 Å². The molecule has 6 nitrogen and oxygen atoms in total. The summed E-state index contributed by atoms with van der Waals surface area (Å²) in [5.74, 6) is -1.41. The van der Waals surface area contributed by atoms with Gasteiger partial charge in [0.25, 0.3) is 0 Å². The summed E-state index contributed by atoms with van der Waals surface area (Å²) in [6.07, 6.45) is 0.163. The molecule has 1 aromatic carbocycles. The highest BCUT2D eigenvalue weighted by molar-refractivity contribution is 6.64. The van der Waals surface area contributed by atoms with Crippen LogP contribution in [0.4, 0.5) is 11.4 Å². The molecule has 8 heteroatoms. The van der Waals surface area contributed by atoms with Crippen LogP contribution in [0.15, 0.2) is 24.3 Å². The molecule has 0 unspecified atom stereocenters. The van der Waals surface area contributed by atoms with Gasteiger partial charge in [0.15, 0.2) is 0 Å². The lowest BCUT2D eigenvalue weighted by atomic mass is 10.1. The molecule has 2 amide bonds. The van der Waals surface area contributed by atoms with Crippen LogP contribution in [-0.2, 0) is 19.2 Å². The van der Waals surface area contributed by atoms with Crippen LogP contribution in [0.25, 0.3) is 0 Å². The third-order valence-corrected chi connectivity index (χ3v) is 4.96. The van der Waals surface area contributed by atoms with Gasteiger partial charge in [-0.25, -0.2) is 0 Å². The Labute approximate surface area is 148 Å². The molecule has 0 radical (unpaired) electrons. The highest BCUT2D eigenvalue weighted by Crippen LogP contribution is 2.32. The Morgan fingerprint density at radius 1 is 0.875 bits per heavy atom. The maximum atomic E-state index is 12.1. The molecular formula is C16H14Cl2N2O4. The molecule has 0 saturated carbocycles. The van der Waals surface area contributed by atoms with Crippen molar-refractivity contribution in [2.75, 3.05) is 22.9 Å². The van der Waals surface area contributed by atoms with Gasteiger partial charge in [-0.1, -0.05) is 6.07 Å². The van der Waals surface area contributed by atoms with Crippen LogP contribution in [0, 0.1) is 11.8 Å². The minimum absolute atomic E-state index is 0.0814. The van der Waals surface area contributed by atoms with Crippen molar-refractivity contribution >= 4 is 56.9 Å². The van der Waals surface area contributed by atoms with E-state index in [1.54, 1.807) is 24.3 Å². The fraction of sp³-hybridized carbons (Fsp3) is 0.375. The zero-order valence-electron chi connectivity index (χ0n) is 12.6. The topological polar surface area (TPSA) is 74.8 Å². The fourth-order valence-electron chi connectivity index (χ4n) is 3.05. The van der Waals surface area contributed by atoms with E-state index in [0.717, 1.165) is 0 Å². The largest absolute Gasteiger partial charge is 0.312 e. The SMILES string of the molecule is O=C(Cl)[C@@H]1CC(=O)N(c2cccc(N3C[C@@H](C(=O)Cl)CC3=O)c2)C1. The molecule has 1 aromatic rings. The van der Waals surface area contributed by atoms with Gasteiger partial charge in [-0.15, -0.1) is 0 Å². The molecule has 0 bridgehead atoms. The van der Waals surface area contributed by atoms with E-state index in [2.05, 4.69) is 0 Å². The van der Waals surface area contributed by atoms with Crippen LogP contribution in [0.1, 0.15) is 12.8 Å². The van der Waals surface area contributed by atoms with E-state index >= 15 is 0 Å². The van der Waals surface area contributed by atoms with Crippen molar-refractivity contribution in [2.45, 2.75) is 12.8 Å². The lowest BCUT2D eigenvalue weighted by molar-refractivity contribution is -0.120. The zero-order valence-corrected chi connectivity index (χ0v) is 14.1. The van der Waals surface area contributed by atoms with Crippen LogP contribution in [0.2, 0.25) is 0 Å². The predicted molar refractivity (Wildman–Crippen MR) is 89.1 cm³/mol. The van der Waals surface area contributed by atoms with E-state index in [1.165, 1.54) is 9.80 Å². The number of anilines is 2. The van der Waals surface area contributed by atoms with Crippen LogP contribution in [-0.4, -0.2) is 35.4 Å². The normalized spacial score (nSPS) is 23.9.